The highest BCUT2D eigenvalue weighted by Crippen LogP contribution is 2.26. The topological polar surface area (TPSA) is 66.5 Å². The number of anilines is 1. The minimum Gasteiger partial charge on any atom is -0.351 e. The van der Waals surface area contributed by atoms with Gasteiger partial charge in [-0.05, 0) is 60.6 Å². The molecule has 0 radical (unpaired) electrons. The van der Waals surface area contributed by atoms with Gasteiger partial charge in [0.25, 0.3) is 10.0 Å². The quantitative estimate of drug-likeness (QED) is 0.567. The molecule has 0 atom stereocenters. The Labute approximate surface area is 183 Å². The molecule has 2 aromatic carbocycles. The molecule has 0 fully saturated rings. The zero-order valence-corrected chi connectivity index (χ0v) is 19.6. The maximum atomic E-state index is 13.9. The maximum absolute atomic E-state index is 13.9. The van der Waals surface area contributed by atoms with Crippen molar-refractivity contribution in [2.75, 3.05) is 17.1 Å². The molecule has 0 aliphatic heterocycles. The van der Waals surface area contributed by atoms with Crippen molar-refractivity contribution in [1.82, 2.24) is 5.32 Å². The van der Waals surface area contributed by atoms with E-state index in [-0.39, 0.29) is 28.5 Å². The van der Waals surface area contributed by atoms with Crippen LogP contribution in [0, 0.1) is 17.7 Å². The summed E-state index contributed by atoms with van der Waals surface area (Å²) in [5, 5.41) is 2.93. The lowest BCUT2D eigenvalue weighted by molar-refractivity contribution is -0.121. The minimum absolute atomic E-state index is 0.0432. The summed E-state index contributed by atoms with van der Waals surface area (Å²) in [6.45, 7) is 7.56. The average molecular weight is 453 g/mol. The summed E-state index contributed by atoms with van der Waals surface area (Å²) in [5.74, 6) is -0.636. The Morgan fingerprint density at radius 3 is 2.17 bits per heavy atom. The highest BCUT2D eigenvalue weighted by Gasteiger charge is 2.29. The fraction of sp³-hybridized carbons (Fsp3) is 0.409. The molecular formula is C22H29FN2O3S2. The monoisotopic (exact) mass is 452 g/mol. The van der Waals surface area contributed by atoms with Gasteiger partial charge in [-0.2, -0.15) is 0 Å². The Kier molecular flexibility index (Phi) is 8.32. The molecule has 0 spiro atoms. The number of nitrogens with one attached hydrogen (secondary N) is 1. The molecule has 0 unspecified atom stereocenters. The highest BCUT2D eigenvalue weighted by atomic mass is 32.2. The molecule has 2 aromatic rings. The number of hydrogen-bond acceptors (Lipinski definition) is 4. The summed E-state index contributed by atoms with van der Waals surface area (Å²) in [6, 6.07) is 11.5. The molecule has 30 heavy (non-hydrogen) atoms. The van der Waals surface area contributed by atoms with E-state index in [1.165, 1.54) is 42.1 Å². The van der Waals surface area contributed by atoms with Gasteiger partial charge < -0.3 is 5.32 Å². The van der Waals surface area contributed by atoms with Gasteiger partial charge in [0.1, 0.15) is 12.4 Å². The number of carbonyl (C=O) groups is 1. The van der Waals surface area contributed by atoms with Crippen LogP contribution in [0.3, 0.4) is 0 Å². The normalized spacial score (nSPS) is 11.9. The first-order chi connectivity index (χ1) is 14.1. The predicted octanol–water partition coefficient (Wildman–Crippen LogP) is 4.54. The van der Waals surface area contributed by atoms with Crippen LogP contribution in [0.5, 0.6) is 0 Å². The van der Waals surface area contributed by atoms with Crippen molar-refractivity contribution in [2.24, 2.45) is 11.8 Å². The first-order valence-corrected chi connectivity index (χ1v) is 12.4. The summed E-state index contributed by atoms with van der Waals surface area (Å²) >= 11 is 1.50. The Morgan fingerprint density at radius 2 is 1.67 bits per heavy atom. The van der Waals surface area contributed by atoms with Crippen molar-refractivity contribution in [1.29, 1.82) is 0 Å². The van der Waals surface area contributed by atoms with Gasteiger partial charge in [0.2, 0.25) is 5.91 Å². The van der Waals surface area contributed by atoms with Crippen LogP contribution in [-0.2, 0) is 14.8 Å². The number of nitrogens with zero attached hydrogens (tertiary/aromatic N) is 1. The van der Waals surface area contributed by atoms with Crippen LogP contribution in [0.15, 0.2) is 58.3 Å². The number of benzene rings is 2. The van der Waals surface area contributed by atoms with Crippen LogP contribution in [-0.4, -0.2) is 33.2 Å². The van der Waals surface area contributed by atoms with Crippen molar-refractivity contribution in [3.8, 4) is 0 Å². The van der Waals surface area contributed by atoms with E-state index in [1.54, 1.807) is 12.1 Å². The number of halogens is 1. The molecule has 2 rings (SSSR count). The zero-order chi connectivity index (χ0) is 22.5. The lowest BCUT2D eigenvalue weighted by Gasteiger charge is -2.29. The fourth-order valence-corrected chi connectivity index (χ4v) is 5.11. The second-order valence-corrected chi connectivity index (χ2v) is 10.5. The molecule has 0 aliphatic rings. The van der Waals surface area contributed by atoms with Gasteiger partial charge in [0.15, 0.2) is 0 Å². The van der Waals surface area contributed by atoms with E-state index in [0.29, 0.717) is 0 Å². The Hall–Kier alpha value is -2.06. The van der Waals surface area contributed by atoms with E-state index in [1.807, 2.05) is 34.0 Å². The van der Waals surface area contributed by atoms with Gasteiger partial charge in [-0.15, -0.1) is 11.8 Å². The molecule has 0 aliphatic carbocycles. The minimum atomic E-state index is -4.07. The molecule has 164 valence electrons. The molecular weight excluding hydrogens is 423 g/mol. The molecule has 0 aromatic heterocycles. The fourth-order valence-electron chi connectivity index (χ4n) is 3.29. The van der Waals surface area contributed by atoms with E-state index in [0.717, 1.165) is 15.3 Å². The lowest BCUT2D eigenvalue weighted by atomic mass is 9.93. The van der Waals surface area contributed by atoms with Crippen molar-refractivity contribution in [3.63, 3.8) is 0 Å². The molecule has 5 nitrogen and oxygen atoms in total. The molecule has 0 heterocycles. The number of sulfonamides is 1. The summed E-state index contributed by atoms with van der Waals surface area (Å²) < 4.78 is 41.5. The smallest absolute Gasteiger partial charge is 0.264 e. The largest absolute Gasteiger partial charge is 0.351 e. The summed E-state index contributed by atoms with van der Waals surface area (Å²) in [4.78, 5) is 13.8. The van der Waals surface area contributed by atoms with Gasteiger partial charge >= 0.3 is 0 Å². The van der Waals surface area contributed by atoms with Gasteiger partial charge in [0.05, 0.1) is 10.6 Å². The predicted molar refractivity (Wildman–Crippen MR) is 121 cm³/mol. The highest BCUT2D eigenvalue weighted by molar-refractivity contribution is 7.98. The molecule has 0 saturated carbocycles. The number of rotatable bonds is 9. The van der Waals surface area contributed by atoms with Crippen LogP contribution >= 0.6 is 11.8 Å². The van der Waals surface area contributed by atoms with Crippen LogP contribution < -0.4 is 9.62 Å². The van der Waals surface area contributed by atoms with Crippen molar-refractivity contribution < 1.29 is 17.6 Å². The van der Waals surface area contributed by atoms with E-state index in [9.17, 15) is 17.6 Å². The maximum Gasteiger partial charge on any atom is 0.264 e. The van der Waals surface area contributed by atoms with E-state index < -0.39 is 28.3 Å². The van der Waals surface area contributed by atoms with E-state index >= 15 is 0 Å². The third kappa shape index (κ3) is 5.98. The summed E-state index contributed by atoms with van der Waals surface area (Å²) in [5.41, 5.74) is 0.102. The van der Waals surface area contributed by atoms with Crippen LogP contribution in [0.1, 0.15) is 27.7 Å². The van der Waals surface area contributed by atoms with Crippen molar-refractivity contribution >= 4 is 33.4 Å². The second-order valence-electron chi connectivity index (χ2n) is 7.75. The van der Waals surface area contributed by atoms with Gasteiger partial charge in [-0.3, -0.25) is 9.10 Å². The van der Waals surface area contributed by atoms with Crippen molar-refractivity contribution in [2.45, 2.75) is 43.5 Å². The summed E-state index contributed by atoms with van der Waals surface area (Å²) in [6.07, 6.45) is 1.90. The number of thioether (sulfide) groups is 1. The van der Waals surface area contributed by atoms with Crippen LogP contribution in [0.2, 0.25) is 0 Å². The SMILES string of the molecule is CSc1ccc(S(=O)(=O)N(CC(=O)NC(C(C)C)C(C)C)c2cccc(F)c2)cc1. The Morgan fingerprint density at radius 1 is 1.07 bits per heavy atom. The molecule has 0 bridgehead atoms. The Balaban J connectivity index is 2.41. The third-order valence-corrected chi connectivity index (χ3v) is 7.33. The van der Waals surface area contributed by atoms with E-state index in [4.69, 9.17) is 0 Å². The average Bonchev–Trinajstić information content (AvgIpc) is 2.69. The third-order valence-electron chi connectivity index (χ3n) is 4.79. The number of hydrogen-bond donors (Lipinski definition) is 1. The second kappa shape index (κ2) is 10.3. The van der Waals surface area contributed by atoms with Crippen molar-refractivity contribution in [3.05, 3.63) is 54.3 Å². The summed E-state index contributed by atoms with van der Waals surface area (Å²) in [7, 11) is -4.07. The Bertz CT molecular complexity index is 953. The van der Waals surface area contributed by atoms with Gasteiger partial charge in [0, 0.05) is 10.9 Å². The molecule has 0 saturated heterocycles. The zero-order valence-electron chi connectivity index (χ0n) is 17.9. The standard InChI is InChI=1S/C22H29FN2O3S2/c1-15(2)22(16(3)4)24-21(26)14-25(18-8-6-7-17(23)13-18)30(27,28)20-11-9-19(29-5)10-12-20/h6-13,15-16,22H,14H2,1-5H3,(H,24,26). The van der Waals surface area contributed by atoms with Gasteiger partial charge in [-0.25, -0.2) is 12.8 Å². The van der Waals surface area contributed by atoms with Gasteiger partial charge in [-0.1, -0.05) is 33.8 Å². The van der Waals surface area contributed by atoms with Crippen LogP contribution in [0.25, 0.3) is 0 Å². The number of carbonyl (C=O) groups excluding carboxylic acids is 1. The molecule has 1 amide bonds. The first kappa shape index (κ1) is 24.2. The first-order valence-electron chi connectivity index (χ1n) is 9.78. The van der Waals surface area contributed by atoms with E-state index in [2.05, 4.69) is 5.32 Å². The lowest BCUT2D eigenvalue weighted by Crippen LogP contribution is -2.47. The van der Waals surface area contributed by atoms with Crippen LogP contribution in [0.4, 0.5) is 10.1 Å². The number of amides is 1. The molecule has 1 N–H and O–H groups in total. The molecule has 8 heteroatoms.